The molecule has 0 radical (unpaired) electrons. The molecule has 1 N–H and O–H groups in total. The van der Waals surface area contributed by atoms with Gasteiger partial charge in [0.1, 0.15) is 11.6 Å². The number of ether oxygens (including phenoxy) is 1. The minimum Gasteiger partial charge on any atom is -0.494 e. The third-order valence-electron chi connectivity index (χ3n) is 4.63. The van der Waals surface area contributed by atoms with Crippen LogP contribution < -0.4 is 10.1 Å². The molecule has 0 atom stereocenters. The molecular weight excluding hydrogens is 345 g/mol. The summed E-state index contributed by atoms with van der Waals surface area (Å²) in [6.45, 7) is 6.77. The maximum atomic E-state index is 13.8. The zero-order chi connectivity index (χ0) is 19.1. The Hall–Kier alpha value is -2.44. The fourth-order valence-corrected chi connectivity index (χ4v) is 3.18. The molecule has 0 unspecified atom stereocenters. The minimum atomic E-state index is -0.158. The normalized spacial score (nSPS) is 15.5. The van der Waals surface area contributed by atoms with Crippen LogP contribution in [0.2, 0.25) is 0 Å². The number of benzene rings is 2. The highest BCUT2D eigenvalue weighted by Crippen LogP contribution is 2.16. The van der Waals surface area contributed by atoms with Crippen LogP contribution in [0.25, 0.3) is 0 Å². The number of carbonyl (C=O) groups excluding carboxylic acids is 1. The number of hydrogen-bond acceptors (Lipinski definition) is 4. The van der Waals surface area contributed by atoms with E-state index in [0.717, 1.165) is 43.2 Å². The first kappa shape index (κ1) is 19.3. The molecule has 5 nitrogen and oxygen atoms in total. The summed E-state index contributed by atoms with van der Waals surface area (Å²) in [5.74, 6) is 0.609. The molecule has 0 saturated carbocycles. The van der Waals surface area contributed by atoms with Gasteiger partial charge in [0.05, 0.1) is 13.2 Å². The van der Waals surface area contributed by atoms with Crippen molar-refractivity contribution in [1.29, 1.82) is 0 Å². The highest BCUT2D eigenvalue weighted by molar-refractivity contribution is 5.92. The third kappa shape index (κ3) is 5.77. The lowest BCUT2D eigenvalue weighted by atomic mass is 10.2. The van der Waals surface area contributed by atoms with Crippen molar-refractivity contribution in [2.75, 3.05) is 44.6 Å². The molecule has 1 aliphatic heterocycles. The van der Waals surface area contributed by atoms with Crippen LogP contribution in [0, 0.1) is 5.82 Å². The largest absolute Gasteiger partial charge is 0.494 e. The highest BCUT2D eigenvalue weighted by Gasteiger charge is 2.19. The van der Waals surface area contributed by atoms with E-state index in [1.54, 1.807) is 6.07 Å². The van der Waals surface area contributed by atoms with Crippen molar-refractivity contribution in [3.63, 3.8) is 0 Å². The van der Waals surface area contributed by atoms with Crippen LogP contribution in [0.3, 0.4) is 0 Å². The Morgan fingerprint density at radius 3 is 2.37 bits per heavy atom. The standard InChI is InChI=1S/C21H26FN3O2/c1-2-27-19-9-7-18(8-10-19)23-21(26)16-25-13-11-24(12-14-25)15-17-5-3-4-6-20(17)22/h3-10H,2,11-16H2,1H3,(H,23,26). The zero-order valence-corrected chi connectivity index (χ0v) is 15.7. The molecule has 0 bridgehead atoms. The Balaban J connectivity index is 1.42. The van der Waals surface area contributed by atoms with Crippen molar-refractivity contribution in [2.45, 2.75) is 13.5 Å². The van der Waals surface area contributed by atoms with Crippen LogP contribution in [0.5, 0.6) is 5.75 Å². The maximum Gasteiger partial charge on any atom is 0.238 e. The van der Waals surface area contributed by atoms with Crippen molar-refractivity contribution < 1.29 is 13.9 Å². The molecule has 6 heteroatoms. The maximum absolute atomic E-state index is 13.8. The van der Waals surface area contributed by atoms with Gasteiger partial charge in [-0.2, -0.15) is 0 Å². The Labute approximate surface area is 159 Å². The molecule has 0 aliphatic carbocycles. The molecule has 2 aromatic rings. The van der Waals surface area contributed by atoms with E-state index < -0.39 is 0 Å². The molecule has 3 rings (SSSR count). The first-order chi connectivity index (χ1) is 13.1. The van der Waals surface area contributed by atoms with Gasteiger partial charge in [0.2, 0.25) is 5.91 Å². The molecule has 1 amide bonds. The number of halogens is 1. The second kappa shape index (κ2) is 9.48. The van der Waals surface area contributed by atoms with Crippen LogP contribution in [-0.2, 0) is 11.3 Å². The van der Waals surface area contributed by atoms with Gasteiger partial charge in [0.15, 0.2) is 0 Å². The monoisotopic (exact) mass is 371 g/mol. The molecule has 0 spiro atoms. The summed E-state index contributed by atoms with van der Waals surface area (Å²) in [4.78, 5) is 16.6. The summed E-state index contributed by atoms with van der Waals surface area (Å²) in [5, 5.41) is 2.92. The van der Waals surface area contributed by atoms with E-state index in [-0.39, 0.29) is 11.7 Å². The van der Waals surface area contributed by atoms with E-state index in [1.807, 2.05) is 43.3 Å². The van der Waals surface area contributed by atoms with Gasteiger partial charge < -0.3 is 10.1 Å². The number of rotatable bonds is 7. The van der Waals surface area contributed by atoms with Gasteiger partial charge in [-0.25, -0.2) is 4.39 Å². The Morgan fingerprint density at radius 2 is 1.70 bits per heavy atom. The zero-order valence-electron chi connectivity index (χ0n) is 15.7. The van der Waals surface area contributed by atoms with Crippen LogP contribution in [0.1, 0.15) is 12.5 Å². The lowest BCUT2D eigenvalue weighted by Crippen LogP contribution is -2.48. The quantitative estimate of drug-likeness (QED) is 0.813. The van der Waals surface area contributed by atoms with Crippen LogP contribution >= 0.6 is 0 Å². The van der Waals surface area contributed by atoms with Crippen molar-refractivity contribution in [2.24, 2.45) is 0 Å². The van der Waals surface area contributed by atoms with E-state index >= 15 is 0 Å². The molecule has 0 aromatic heterocycles. The van der Waals surface area contributed by atoms with Crippen LogP contribution in [0.4, 0.5) is 10.1 Å². The number of hydrogen-bond donors (Lipinski definition) is 1. The lowest BCUT2D eigenvalue weighted by molar-refractivity contribution is -0.117. The Kier molecular flexibility index (Phi) is 6.79. The van der Waals surface area contributed by atoms with Gasteiger partial charge in [-0.1, -0.05) is 18.2 Å². The van der Waals surface area contributed by atoms with Gasteiger partial charge >= 0.3 is 0 Å². The van der Waals surface area contributed by atoms with E-state index in [9.17, 15) is 9.18 Å². The summed E-state index contributed by atoms with van der Waals surface area (Å²) in [5.41, 5.74) is 1.49. The molecule has 144 valence electrons. The average molecular weight is 371 g/mol. The third-order valence-corrected chi connectivity index (χ3v) is 4.63. The van der Waals surface area contributed by atoms with E-state index in [4.69, 9.17) is 4.74 Å². The number of nitrogens with one attached hydrogen (secondary N) is 1. The van der Waals surface area contributed by atoms with Gasteiger partial charge in [-0.05, 0) is 37.3 Å². The van der Waals surface area contributed by atoms with Crippen molar-refractivity contribution in [1.82, 2.24) is 9.80 Å². The van der Waals surface area contributed by atoms with Gasteiger partial charge in [-0.15, -0.1) is 0 Å². The van der Waals surface area contributed by atoms with Crippen LogP contribution in [0.15, 0.2) is 48.5 Å². The molecule has 1 aliphatic rings. The Bertz CT molecular complexity index is 743. The lowest BCUT2D eigenvalue weighted by Gasteiger charge is -2.34. The number of anilines is 1. The van der Waals surface area contributed by atoms with Gasteiger partial charge in [0, 0.05) is 44.0 Å². The fraction of sp³-hybridized carbons (Fsp3) is 0.381. The van der Waals surface area contributed by atoms with Crippen molar-refractivity contribution >= 4 is 11.6 Å². The van der Waals surface area contributed by atoms with Crippen molar-refractivity contribution in [3.8, 4) is 5.75 Å². The molecule has 27 heavy (non-hydrogen) atoms. The van der Waals surface area contributed by atoms with E-state index in [0.29, 0.717) is 19.7 Å². The van der Waals surface area contributed by atoms with Gasteiger partial charge in [0.25, 0.3) is 0 Å². The first-order valence-electron chi connectivity index (χ1n) is 9.35. The Morgan fingerprint density at radius 1 is 1.04 bits per heavy atom. The smallest absolute Gasteiger partial charge is 0.238 e. The van der Waals surface area contributed by atoms with Crippen LogP contribution in [-0.4, -0.2) is 55.0 Å². The summed E-state index contributed by atoms with van der Waals surface area (Å²) in [7, 11) is 0. The predicted octanol–water partition coefficient (Wildman–Crippen LogP) is 2.98. The molecule has 1 saturated heterocycles. The summed E-state index contributed by atoms with van der Waals surface area (Å²) < 4.78 is 19.2. The van der Waals surface area contributed by atoms with E-state index in [2.05, 4.69) is 15.1 Å². The highest BCUT2D eigenvalue weighted by atomic mass is 19.1. The van der Waals surface area contributed by atoms with Gasteiger partial charge in [-0.3, -0.25) is 14.6 Å². The molecule has 1 heterocycles. The average Bonchev–Trinajstić information content (AvgIpc) is 2.67. The number of carbonyl (C=O) groups is 1. The number of nitrogens with zero attached hydrogens (tertiary/aromatic N) is 2. The molecular formula is C21H26FN3O2. The topological polar surface area (TPSA) is 44.8 Å². The number of amides is 1. The second-order valence-electron chi connectivity index (χ2n) is 6.65. The summed E-state index contributed by atoms with van der Waals surface area (Å²) >= 11 is 0. The summed E-state index contributed by atoms with van der Waals surface area (Å²) in [6.07, 6.45) is 0. The first-order valence-corrected chi connectivity index (χ1v) is 9.35. The molecule has 1 fully saturated rings. The minimum absolute atomic E-state index is 0.0262. The molecule has 2 aromatic carbocycles. The predicted molar refractivity (Wildman–Crippen MR) is 104 cm³/mol. The second-order valence-corrected chi connectivity index (χ2v) is 6.65. The fourth-order valence-electron chi connectivity index (χ4n) is 3.18. The van der Waals surface area contributed by atoms with Crippen molar-refractivity contribution in [3.05, 3.63) is 59.9 Å². The SMILES string of the molecule is CCOc1ccc(NC(=O)CN2CCN(Cc3ccccc3F)CC2)cc1. The van der Waals surface area contributed by atoms with E-state index in [1.165, 1.54) is 6.07 Å². The number of piperazine rings is 1. The summed E-state index contributed by atoms with van der Waals surface area (Å²) in [6, 6.07) is 14.3.